The molecular formula is C15H22FN3S. The fourth-order valence-electron chi connectivity index (χ4n) is 2.78. The Hall–Kier alpha value is -1.04. The highest BCUT2D eigenvalue weighted by molar-refractivity contribution is 7.80. The Labute approximate surface area is 125 Å². The van der Waals surface area contributed by atoms with Crippen molar-refractivity contribution in [3.05, 3.63) is 35.1 Å². The summed E-state index contributed by atoms with van der Waals surface area (Å²) in [5, 5.41) is 0. The van der Waals surface area contributed by atoms with E-state index in [1.807, 2.05) is 12.1 Å². The molecule has 1 fully saturated rings. The third kappa shape index (κ3) is 3.16. The molecular weight excluding hydrogens is 273 g/mol. The number of nitrogens with zero attached hydrogens (tertiary/aromatic N) is 2. The van der Waals surface area contributed by atoms with E-state index in [2.05, 4.69) is 30.7 Å². The third-order valence-corrected chi connectivity index (χ3v) is 4.39. The Balaban J connectivity index is 2.15. The highest BCUT2D eigenvalue weighted by atomic mass is 32.1. The zero-order chi connectivity index (χ0) is 14.9. The van der Waals surface area contributed by atoms with E-state index in [1.54, 1.807) is 6.07 Å². The molecule has 1 aliphatic heterocycles. The number of benzene rings is 1. The summed E-state index contributed by atoms with van der Waals surface area (Å²) in [6, 6.07) is 6.21. The molecule has 1 aliphatic rings. The quantitative estimate of drug-likeness (QED) is 0.864. The maximum Gasteiger partial charge on any atom is 0.137 e. The highest BCUT2D eigenvalue weighted by Gasteiger charge is 2.27. The number of likely N-dealkylation sites (N-methyl/N-ethyl adjacent to an activating group) is 1. The van der Waals surface area contributed by atoms with Crippen molar-refractivity contribution in [3.8, 4) is 0 Å². The topological polar surface area (TPSA) is 32.5 Å². The molecule has 0 spiro atoms. The average molecular weight is 295 g/mol. The van der Waals surface area contributed by atoms with E-state index in [0.29, 0.717) is 29.8 Å². The van der Waals surface area contributed by atoms with Crippen molar-refractivity contribution in [2.45, 2.75) is 32.5 Å². The molecule has 2 atom stereocenters. The Morgan fingerprint density at radius 1 is 1.35 bits per heavy atom. The largest absolute Gasteiger partial charge is 0.389 e. The maximum atomic E-state index is 14.3. The average Bonchev–Trinajstić information content (AvgIpc) is 2.38. The number of halogens is 1. The van der Waals surface area contributed by atoms with Gasteiger partial charge in [-0.3, -0.25) is 9.80 Å². The molecule has 0 aliphatic carbocycles. The van der Waals surface area contributed by atoms with E-state index in [-0.39, 0.29) is 10.8 Å². The van der Waals surface area contributed by atoms with Gasteiger partial charge in [-0.15, -0.1) is 0 Å². The number of piperazine rings is 1. The zero-order valence-corrected chi connectivity index (χ0v) is 13.1. The van der Waals surface area contributed by atoms with Gasteiger partial charge in [0.15, 0.2) is 0 Å². The number of rotatable bonds is 3. The van der Waals surface area contributed by atoms with Crippen LogP contribution in [0, 0.1) is 5.82 Å². The van der Waals surface area contributed by atoms with Gasteiger partial charge in [-0.1, -0.05) is 24.4 Å². The summed E-state index contributed by atoms with van der Waals surface area (Å²) in [4.78, 5) is 4.76. The van der Waals surface area contributed by atoms with Crippen molar-refractivity contribution in [2.24, 2.45) is 5.73 Å². The van der Waals surface area contributed by atoms with E-state index in [1.165, 1.54) is 0 Å². The summed E-state index contributed by atoms with van der Waals surface area (Å²) in [5.74, 6) is -0.278. The maximum absolute atomic E-state index is 14.3. The molecule has 0 amide bonds. The number of thiocarbonyl (C=S) groups is 1. The van der Waals surface area contributed by atoms with E-state index >= 15 is 0 Å². The van der Waals surface area contributed by atoms with Gasteiger partial charge in [-0.25, -0.2) is 4.39 Å². The number of hydrogen-bond donors (Lipinski definition) is 1. The zero-order valence-electron chi connectivity index (χ0n) is 12.3. The first kappa shape index (κ1) is 15.4. The van der Waals surface area contributed by atoms with Gasteiger partial charge in [0.1, 0.15) is 10.8 Å². The first-order valence-corrected chi connectivity index (χ1v) is 7.32. The van der Waals surface area contributed by atoms with Crippen LogP contribution in [-0.4, -0.2) is 47.0 Å². The van der Waals surface area contributed by atoms with Crippen LogP contribution < -0.4 is 5.73 Å². The van der Waals surface area contributed by atoms with Gasteiger partial charge < -0.3 is 5.73 Å². The molecule has 110 valence electrons. The van der Waals surface area contributed by atoms with Crippen LogP contribution in [0.15, 0.2) is 18.2 Å². The van der Waals surface area contributed by atoms with Crippen LogP contribution in [0.5, 0.6) is 0 Å². The molecule has 0 radical (unpaired) electrons. The lowest BCUT2D eigenvalue weighted by atomic mass is 10.1. The second-order valence-corrected chi connectivity index (χ2v) is 6.14. The predicted octanol–water partition coefficient (Wildman–Crippen LogP) is 1.98. The van der Waals surface area contributed by atoms with Gasteiger partial charge in [0, 0.05) is 42.8 Å². The lowest BCUT2D eigenvalue weighted by Crippen LogP contribution is -2.54. The van der Waals surface area contributed by atoms with Crippen LogP contribution in [0.4, 0.5) is 4.39 Å². The fourth-order valence-corrected chi connectivity index (χ4v) is 2.93. The minimum Gasteiger partial charge on any atom is -0.389 e. The summed E-state index contributed by atoms with van der Waals surface area (Å²) in [6.07, 6.45) is 0. The van der Waals surface area contributed by atoms with Crippen molar-refractivity contribution in [1.82, 2.24) is 9.80 Å². The van der Waals surface area contributed by atoms with E-state index < -0.39 is 0 Å². The van der Waals surface area contributed by atoms with Gasteiger partial charge >= 0.3 is 0 Å². The highest BCUT2D eigenvalue weighted by Crippen LogP contribution is 2.19. The molecule has 1 heterocycles. The minimum absolute atomic E-state index is 0.115. The van der Waals surface area contributed by atoms with Gasteiger partial charge in [0.05, 0.1) is 0 Å². The SMILES string of the molecule is CC1CN(Cc2cccc(C(N)=S)c2F)CC(C)N1C. The lowest BCUT2D eigenvalue weighted by Gasteiger charge is -2.42. The molecule has 0 saturated carbocycles. The summed E-state index contributed by atoms with van der Waals surface area (Å²) in [6.45, 7) is 6.88. The normalized spacial score (nSPS) is 24.8. The van der Waals surface area contributed by atoms with Crippen molar-refractivity contribution in [3.63, 3.8) is 0 Å². The van der Waals surface area contributed by atoms with Crippen LogP contribution in [0.1, 0.15) is 25.0 Å². The second-order valence-electron chi connectivity index (χ2n) is 5.70. The van der Waals surface area contributed by atoms with Crippen LogP contribution >= 0.6 is 12.2 Å². The molecule has 2 N–H and O–H groups in total. The first-order chi connectivity index (χ1) is 9.40. The molecule has 1 aromatic carbocycles. The monoisotopic (exact) mass is 295 g/mol. The third-order valence-electron chi connectivity index (χ3n) is 4.17. The molecule has 0 aromatic heterocycles. The molecule has 0 bridgehead atoms. The van der Waals surface area contributed by atoms with Crippen LogP contribution in [0.25, 0.3) is 0 Å². The van der Waals surface area contributed by atoms with Crippen LogP contribution in [0.3, 0.4) is 0 Å². The molecule has 3 nitrogen and oxygen atoms in total. The first-order valence-electron chi connectivity index (χ1n) is 6.91. The van der Waals surface area contributed by atoms with E-state index in [4.69, 9.17) is 18.0 Å². The molecule has 20 heavy (non-hydrogen) atoms. The summed E-state index contributed by atoms with van der Waals surface area (Å²) in [7, 11) is 2.14. The molecule has 2 rings (SSSR count). The summed E-state index contributed by atoms with van der Waals surface area (Å²) in [5.41, 5.74) is 6.56. The Bertz CT molecular complexity index is 494. The van der Waals surface area contributed by atoms with Crippen molar-refractivity contribution in [1.29, 1.82) is 0 Å². The summed E-state index contributed by atoms with van der Waals surface area (Å²) >= 11 is 4.88. The Kier molecular flexibility index (Phi) is 4.73. The lowest BCUT2D eigenvalue weighted by molar-refractivity contribution is 0.0550. The van der Waals surface area contributed by atoms with Crippen LogP contribution in [-0.2, 0) is 6.54 Å². The van der Waals surface area contributed by atoms with Crippen molar-refractivity contribution < 1.29 is 4.39 Å². The molecule has 2 unspecified atom stereocenters. The Morgan fingerprint density at radius 3 is 2.50 bits per heavy atom. The van der Waals surface area contributed by atoms with Crippen molar-refractivity contribution >= 4 is 17.2 Å². The fraction of sp³-hybridized carbons (Fsp3) is 0.533. The number of hydrogen-bond acceptors (Lipinski definition) is 3. The standard InChI is InChI=1S/C15H22FN3S/c1-10-7-19(8-11(2)18(10)3)9-12-5-4-6-13(14(12)16)15(17)20/h4-6,10-11H,7-9H2,1-3H3,(H2,17,20). The van der Waals surface area contributed by atoms with Crippen molar-refractivity contribution in [2.75, 3.05) is 20.1 Å². The van der Waals surface area contributed by atoms with Gasteiger partial charge in [-0.2, -0.15) is 0 Å². The summed E-state index contributed by atoms with van der Waals surface area (Å²) < 4.78 is 14.3. The molecule has 1 aromatic rings. The number of nitrogens with two attached hydrogens (primary N) is 1. The van der Waals surface area contributed by atoms with Crippen LogP contribution in [0.2, 0.25) is 0 Å². The predicted molar refractivity (Wildman–Crippen MR) is 84.3 cm³/mol. The van der Waals surface area contributed by atoms with Gasteiger partial charge in [0.2, 0.25) is 0 Å². The second kappa shape index (κ2) is 6.16. The van der Waals surface area contributed by atoms with E-state index in [9.17, 15) is 4.39 Å². The molecule has 5 heteroatoms. The smallest absolute Gasteiger partial charge is 0.137 e. The minimum atomic E-state index is -0.278. The van der Waals surface area contributed by atoms with Gasteiger partial charge in [-0.05, 0) is 27.0 Å². The molecule has 1 saturated heterocycles. The van der Waals surface area contributed by atoms with Gasteiger partial charge in [0.25, 0.3) is 0 Å². The Morgan fingerprint density at radius 2 is 1.95 bits per heavy atom. The van der Waals surface area contributed by atoms with E-state index in [0.717, 1.165) is 13.1 Å².